The Hall–Kier alpha value is -2.73. The van der Waals surface area contributed by atoms with Crippen molar-refractivity contribution >= 4 is 17.2 Å². The zero-order chi connectivity index (χ0) is 19.1. The van der Waals surface area contributed by atoms with Crippen LogP contribution in [-0.4, -0.2) is 33.4 Å². The first-order valence-corrected chi connectivity index (χ1v) is 10.5. The Balaban J connectivity index is 1.31. The van der Waals surface area contributed by atoms with Crippen LogP contribution in [0.3, 0.4) is 0 Å². The molecule has 1 amide bonds. The average molecular weight is 391 g/mol. The van der Waals surface area contributed by atoms with Gasteiger partial charge in [-0.05, 0) is 18.4 Å². The number of benzene rings is 1. The van der Waals surface area contributed by atoms with E-state index in [1.165, 1.54) is 0 Å². The maximum atomic E-state index is 12.9. The maximum Gasteiger partial charge on any atom is 0.250 e. The number of carbonyl (C=O) groups is 1. The quantitative estimate of drug-likeness (QED) is 0.689. The van der Waals surface area contributed by atoms with E-state index >= 15 is 0 Å². The number of piperidine rings is 1. The predicted molar refractivity (Wildman–Crippen MR) is 109 cm³/mol. The highest BCUT2D eigenvalue weighted by Gasteiger charge is 2.36. The average Bonchev–Trinajstić information content (AvgIpc) is 3.18. The minimum absolute atomic E-state index is 0.0721. The highest BCUT2D eigenvalue weighted by Crippen LogP contribution is 2.35. The van der Waals surface area contributed by atoms with Crippen molar-refractivity contribution in [2.45, 2.75) is 25.3 Å². The summed E-state index contributed by atoms with van der Waals surface area (Å²) in [5.41, 5.74) is 3.06. The Bertz CT molecular complexity index is 1070. The molecular formula is C22H21N3O2S. The van der Waals surface area contributed by atoms with Crippen LogP contribution in [0.25, 0.3) is 10.6 Å². The number of nitrogens with zero attached hydrogens (tertiary/aromatic N) is 3. The second kappa shape index (κ2) is 7.02. The summed E-state index contributed by atoms with van der Waals surface area (Å²) in [5, 5.41) is 2.94. The maximum absolute atomic E-state index is 12.9. The number of rotatable bonds is 3. The molecule has 1 saturated heterocycles. The molecule has 6 heteroatoms. The minimum atomic E-state index is 0.0721. The molecule has 1 fully saturated rings. The van der Waals surface area contributed by atoms with E-state index in [0.717, 1.165) is 34.9 Å². The molecule has 2 bridgehead atoms. The third-order valence-electron chi connectivity index (χ3n) is 5.74. The van der Waals surface area contributed by atoms with Crippen molar-refractivity contribution in [3.05, 3.63) is 75.7 Å². The lowest BCUT2D eigenvalue weighted by atomic mass is 9.83. The molecule has 0 saturated carbocycles. The van der Waals surface area contributed by atoms with Gasteiger partial charge < -0.3 is 9.47 Å². The van der Waals surface area contributed by atoms with E-state index < -0.39 is 0 Å². The van der Waals surface area contributed by atoms with Crippen molar-refractivity contribution in [2.24, 2.45) is 5.92 Å². The summed E-state index contributed by atoms with van der Waals surface area (Å²) in [5.74, 6) is 0.734. The van der Waals surface area contributed by atoms with Gasteiger partial charge in [-0.25, -0.2) is 4.98 Å². The first-order chi connectivity index (χ1) is 13.7. The zero-order valence-electron chi connectivity index (χ0n) is 15.5. The van der Waals surface area contributed by atoms with Crippen LogP contribution in [0.1, 0.15) is 23.7 Å². The molecule has 0 N–H and O–H groups in total. The fourth-order valence-electron chi connectivity index (χ4n) is 4.47. The Labute approximate surface area is 167 Å². The zero-order valence-corrected chi connectivity index (χ0v) is 16.3. The van der Waals surface area contributed by atoms with Crippen LogP contribution in [0.5, 0.6) is 0 Å². The van der Waals surface area contributed by atoms with Crippen LogP contribution in [0.4, 0.5) is 0 Å². The van der Waals surface area contributed by atoms with Crippen LogP contribution in [0.15, 0.2) is 58.7 Å². The van der Waals surface area contributed by atoms with Gasteiger partial charge in [0.05, 0.1) is 12.1 Å². The smallest absolute Gasteiger partial charge is 0.250 e. The fraction of sp³-hybridized carbons (Fsp3) is 0.318. The summed E-state index contributed by atoms with van der Waals surface area (Å²) >= 11 is 1.58. The van der Waals surface area contributed by atoms with Crippen LogP contribution in [-0.2, 0) is 17.8 Å². The molecule has 4 heterocycles. The third-order valence-corrected chi connectivity index (χ3v) is 6.68. The van der Waals surface area contributed by atoms with Crippen LogP contribution >= 0.6 is 11.3 Å². The summed E-state index contributed by atoms with van der Waals surface area (Å²) < 4.78 is 1.90. The van der Waals surface area contributed by atoms with Gasteiger partial charge in [0.25, 0.3) is 5.56 Å². The summed E-state index contributed by atoms with van der Waals surface area (Å²) in [6.45, 7) is 2.13. The number of likely N-dealkylation sites (tertiary alicyclic amines) is 1. The summed E-state index contributed by atoms with van der Waals surface area (Å²) in [6, 6.07) is 15.5. The number of aromatic nitrogens is 2. The van der Waals surface area contributed by atoms with E-state index in [2.05, 4.69) is 4.98 Å². The van der Waals surface area contributed by atoms with Gasteiger partial charge in [0, 0.05) is 48.3 Å². The molecule has 2 aromatic heterocycles. The Kier molecular flexibility index (Phi) is 4.36. The standard InChI is InChI=1S/C22H21N3O2S/c26-20-8-4-7-19-17-9-15(12-25(19)20)11-24(13-17)21(27)10-18-14-28-22(23-18)16-5-2-1-3-6-16/h1-8,14-15,17H,9-13H2/t15-,17+/m1/s1. The first kappa shape index (κ1) is 17.4. The Morgan fingerprint density at radius 2 is 1.93 bits per heavy atom. The minimum Gasteiger partial charge on any atom is -0.341 e. The van der Waals surface area contributed by atoms with Crippen molar-refractivity contribution < 1.29 is 4.79 Å². The van der Waals surface area contributed by atoms with Crippen molar-refractivity contribution in [3.63, 3.8) is 0 Å². The number of amides is 1. The first-order valence-electron chi connectivity index (χ1n) is 9.65. The summed E-state index contributed by atoms with van der Waals surface area (Å²) in [6.07, 6.45) is 1.40. The van der Waals surface area contributed by atoms with Crippen LogP contribution < -0.4 is 5.56 Å². The van der Waals surface area contributed by atoms with Gasteiger partial charge in [-0.15, -0.1) is 11.3 Å². The lowest BCUT2D eigenvalue weighted by Crippen LogP contribution is -2.49. The van der Waals surface area contributed by atoms with E-state index in [0.29, 0.717) is 25.4 Å². The molecule has 142 valence electrons. The lowest BCUT2D eigenvalue weighted by molar-refractivity contribution is -0.133. The molecular weight excluding hydrogens is 370 g/mol. The Morgan fingerprint density at radius 3 is 2.79 bits per heavy atom. The molecule has 1 aromatic carbocycles. The predicted octanol–water partition coefficient (Wildman–Crippen LogP) is 3.16. The number of thiazole rings is 1. The highest BCUT2D eigenvalue weighted by atomic mass is 32.1. The number of hydrogen-bond acceptors (Lipinski definition) is 4. The summed E-state index contributed by atoms with van der Waals surface area (Å²) in [4.78, 5) is 31.7. The van der Waals surface area contributed by atoms with Crippen LogP contribution in [0, 0.1) is 5.92 Å². The second-order valence-electron chi connectivity index (χ2n) is 7.68. The molecule has 0 unspecified atom stereocenters. The van der Waals surface area contributed by atoms with E-state index in [4.69, 9.17) is 0 Å². The van der Waals surface area contributed by atoms with E-state index in [-0.39, 0.29) is 17.4 Å². The largest absolute Gasteiger partial charge is 0.341 e. The van der Waals surface area contributed by atoms with Crippen molar-refractivity contribution in [3.8, 4) is 10.6 Å². The molecule has 28 heavy (non-hydrogen) atoms. The number of hydrogen-bond donors (Lipinski definition) is 0. The highest BCUT2D eigenvalue weighted by molar-refractivity contribution is 7.13. The van der Waals surface area contributed by atoms with Gasteiger partial charge in [-0.3, -0.25) is 9.59 Å². The van der Waals surface area contributed by atoms with Crippen molar-refractivity contribution in [1.82, 2.24) is 14.5 Å². The topological polar surface area (TPSA) is 55.2 Å². The summed E-state index contributed by atoms with van der Waals surface area (Å²) in [7, 11) is 0. The normalized spacial score (nSPS) is 20.6. The van der Waals surface area contributed by atoms with Gasteiger partial charge in [-0.2, -0.15) is 0 Å². The molecule has 3 aromatic rings. The molecule has 2 atom stereocenters. The van der Waals surface area contributed by atoms with Gasteiger partial charge in [0.15, 0.2) is 0 Å². The molecule has 2 aliphatic heterocycles. The molecule has 0 spiro atoms. The van der Waals surface area contributed by atoms with Gasteiger partial charge in [-0.1, -0.05) is 36.4 Å². The molecule has 0 aliphatic carbocycles. The second-order valence-corrected chi connectivity index (χ2v) is 8.54. The van der Waals surface area contributed by atoms with Gasteiger partial charge in [0.2, 0.25) is 5.91 Å². The third kappa shape index (κ3) is 3.18. The van der Waals surface area contributed by atoms with Crippen molar-refractivity contribution in [1.29, 1.82) is 0 Å². The fourth-order valence-corrected chi connectivity index (χ4v) is 5.29. The lowest BCUT2D eigenvalue weighted by Gasteiger charge is -2.42. The molecule has 5 rings (SSSR count). The van der Waals surface area contributed by atoms with Crippen molar-refractivity contribution in [2.75, 3.05) is 13.1 Å². The molecule has 0 radical (unpaired) electrons. The molecule has 5 nitrogen and oxygen atoms in total. The van der Waals surface area contributed by atoms with E-state index in [9.17, 15) is 9.59 Å². The SMILES string of the molecule is O=C(Cc1csc(-c2ccccc2)n1)N1C[C@H]2C[C@@H](C1)c1cccc(=O)n1C2. The molecule has 2 aliphatic rings. The number of pyridine rings is 1. The monoisotopic (exact) mass is 391 g/mol. The van der Waals surface area contributed by atoms with E-state index in [1.54, 1.807) is 17.4 Å². The number of carbonyl (C=O) groups excluding carboxylic acids is 1. The van der Waals surface area contributed by atoms with Gasteiger partial charge >= 0.3 is 0 Å². The Morgan fingerprint density at radius 1 is 1.07 bits per heavy atom. The van der Waals surface area contributed by atoms with Gasteiger partial charge in [0.1, 0.15) is 5.01 Å². The van der Waals surface area contributed by atoms with Crippen LogP contribution in [0.2, 0.25) is 0 Å². The van der Waals surface area contributed by atoms with E-state index in [1.807, 2.05) is 57.3 Å². The number of fused-ring (bicyclic) bond motifs is 4.